The summed E-state index contributed by atoms with van der Waals surface area (Å²) in [5.41, 5.74) is 2.33. The van der Waals surface area contributed by atoms with Gasteiger partial charge < -0.3 is 5.11 Å². The Hall–Kier alpha value is -1.91. The summed E-state index contributed by atoms with van der Waals surface area (Å²) >= 11 is 0. The minimum atomic E-state index is -0.987. The van der Waals surface area contributed by atoms with E-state index in [1.165, 1.54) is 4.52 Å². The Bertz CT molecular complexity index is 608. The molecule has 5 nitrogen and oxygen atoms in total. The Balaban J connectivity index is 2.81. The van der Waals surface area contributed by atoms with E-state index in [2.05, 4.69) is 10.1 Å². The molecule has 0 aliphatic heterocycles. The number of aromatic carboxylic acids is 1. The molecule has 5 heteroatoms. The number of rotatable bonds is 2. The van der Waals surface area contributed by atoms with Crippen LogP contribution in [0, 0.1) is 0 Å². The van der Waals surface area contributed by atoms with Crippen LogP contribution < -0.4 is 0 Å². The summed E-state index contributed by atoms with van der Waals surface area (Å²) in [6, 6.07) is 1.60. The van der Waals surface area contributed by atoms with Gasteiger partial charge in [0, 0.05) is 11.0 Å². The molecule has 2 aromatic rings. The quantitative estimate of drug-likeness (QED) is 0.884. The standard InChI is InChI=1S/C13H17N3O2/c1-5-8-7-14-16-9(12(17)18)6-10(13(2,3)4)15-11(8)16/h6-7H,5H2,1-4H3,(H,17,18). The molecule has 0 fully saturated rings. The first-order chi connectivity index (χ1) is 8.34. The van der Waals surface area contributed by atoms with Gasteiger partial charge in [0.25, 0.3) is 0 Å². The third-order valence-corrected chi connectivity index (χ3v) is 2.91. The third-order valence-electron chi connectivity index (χ3n) is 2.91. The summed E-state index contributed by atoms with van der Waals surface area (Å²) in [4.78, 5) is 15.9. The largest absolute Gasteiger partial charge is 0.477 e. The summed E-state index contributed by atoms with van der Waals surface area (Å²) in [5, 5.41) is 13.4. The number of fused-ring (bicyclic) bond motifs is 1. The first-order valence-electron chi connectivity index (χ1n) is 5.96. The summed E-state index contributed by atoms with van der Waals surface area (Å²) in [6.07, 6.45) is 2.46. The lowest BCUT2D eigenvalue weighted by Gasteiger charge is -2.18. The fourth-order valence-electron chi connectivity index (χ4n) is 1.79. The Morgan fingerprint density at radius 2 is 2.11 bits per heavy atom. The Kier molecular flexibility index (Phi) is 2.84. The normalized spacial score (nSPS) is 12.0. The minimum Gasteiger partial charge on any atom is -0.477 e. The van der Waals surface area contributed by atoms with Crippen LogP contribution in [0.5, 0.6) is 0 Å². The van der Waals surface area contributed by atoms with E-state index in [1.807, 2.05) is 27.7 Å². The molecule has 96 valence electrons. The topological polar surface area (TPSA) is 67.5 Å². The van der Waals surface area contributed by atoms with E-state index >= 15 is 0 Å². The van der Waals surface area contributed by atoms with E-state index in [-0.39, 0.29) is 11.1 Å². The fourth-order valence-corrected chi connectivity index (χ4v) is 1.79. The van der Waals surface area contributed by atoms with Crippen molar-refractivity contribution >= 4 is 11.6 Å². The van der Waals surface area contributed by atoms with E-state index in [0.717, 1.165) is 17.7 Å². The van der Waals surface area contributed by atoms with Crippen molar-refractivity contribution in [1.29, 1.82) is 0 Å². The van der Waals surface area contributed by atoms with Crippen molar-refractivity contribution in [3.05, 3.63) is 29.2 Å². The maximum Gasteiger partial charge on any atom is 0.354 e. The summed E-state index contributed by atoms with van der Waals surface area (Å²) in [6.45, 7) is 8.04. The second-order valence-electron chi connectivity index (χ2n) is 5.34. The van der Waals surface area contributed by atoms with Gasteiger partial charge in [-0.15, -0.1) is 0 Å². The van der Waals surface area contributed by atoms with Gasteiger partial charge in [0.1, 0.15) is 0 Å². The van der Waals surface area contributed by atoms with Crippen molar-refractivity contribution in [2.75, 3.05) is 0 Å². The zero-order valence-corrected chi connectivity index (χ0v) is 11.1. The highest BCUT2D eigenvalue weighted by molar-refractivity contribution is 5.86. The van der Waals surface area contributed by atoms with Gasteiger partial charge in [-0.05, 0) is 12.5 Å². The van der Waals surface area contributed by atoms with E-state index in [1.54, 1.807) is 12.3 Å². The number of hydrogen-bond acceptors (Lipinski definition) is 3. The van der Waals surface area contributed by atoms with Gasteiger partial charge in [-0.3, -0.25) is 0 Å². The molecule has 0 aliphatic rings. The molecule has 0 spiro atoms. The SMILES string of the molecule is CCc1cnn2c(C(=O)O)cc(C(C)(C)C)nc12. The molecular weight excluding hydrogens is 230 g/mol. The van der Waals surface area contributed by atoms with Crippen molar-refractivity contribution in [3.63, 3.8) is 0 Å². The number of hydrogen-bond donors (Lipinski definition) is 1. The van der Waals surface area contributed by atoms with Gasteiger partial charge in [0.05, 0.1) is 11.9 Å². The number of aromatic nitrogens is 3. The molecule has 2 heterocycles. The smallest absolute Gasteiger partial charge is 0.354 e. The monoisotopic (exact) mass is 247 g/mol. The van der Waals surface area contributed by atoms with Crippen LogP contribution >= 0.6 is 0 Å². The molecule has 0 saturated carbocycles. The molecule has 2 rings (SSSR count). The fraction of sp³-hybridized carbons (Fsp3) is 0.462. The zero-order valence-electron chi connectivity index (χ0n) is 11.1. The van der Waals surface area contributed by atoms with Crippen molar-refractivity contribution in [1.82, 2.24) is 14.6 Å². The van der Waals surface area contributed by atoms with Crippen LogP contribution in [0.25, 0.3) is 5.65 Å². The minimum absolute atomic E-state index is 0.157. The second-order valence-corrected chi connectivity index (χ2v) is 5.34. The molecule has 18 heavy (non-hydrogen) atoms. The van der Waals surface area contributed by atoms with Gasteiger partial charge in [0.2, 0.25) is 0 Å². The van der Waals surface area contributed by atoms with Crippen LogP contribution in [0.15, 0.2) is 12.3 Å². The van der Waals surface area contributed by atoms with E-state index < -0.39 is 5.97 Å². The molecule has 2 aromatic heterocycles. The van der Waals surface area contributed by atoms with E-state index in [9.17, 15) is 9.90 Å². The third kappa shape index (κ3) is 1.96. The first kappa shape index (κ1) is 12.5. The van der Waals surface area contributed by atoms with Crippen LogP contribution in [-0.4, -0.2) is 25.7 Å². The van der Waals surface area contributed by atoms with Gasteiger partial charge in [-0.1, -0.05) is 27.7 Å². The number of carboxylic acid groups (broad SMARTS) is 1. The lowest BCUT2D eigenvalue weighted by atomic mass is 9.91. The molecule has 0 saturated heterocycles. The van der Waals surface area contributed by atoms with Crippen LogP contribution in [0.4, 0.5) is 0 Å². The second kappa shape index (κ2) is 4.08. The average molecular weight is 247 g/mol. The van der Waals surface area contributed by atoms with Crippen LogP contribution in [0.2, 0.25) is 0 Å². The molecule has 0 radical (unpaired) electrons. The van der Waals surface area contributed by atoms with E-state index in [0.29, 0.717) is 5.65 Å². The van der Waals surface area contributed by atoms with Gasteiger partial charge in [-0.25, -0.2) is 14.3 Å². The molecule has 0 bridgehead atoms. The number of carboxylic acids is 1. The van der Waals surface area contributed by atoms with Crippen LogP contribution in [0.3, 0.4) is 0 Å². The Morgan fingerprint density at radius 1 is 1.44 bits per heavy atom. The molecule has 0 unspecified atom stereocenters. The highest BCUT2D eigenvalue weighted by atomic mass is 16.4. The molecule has 0 amide bonds. The van der Waals surface area contributed by atoms with Gasteiger partial charge >= 0.3 is 5.97 Å². The highest BCUT2D eigenvalue weighted by Gasteiger charge is 2.21. The van der Waals surface area contributed by atoms with Crippen molar-refractivity contribution in [2.45, 2.75) is 39.5 Å². The average Bonchev–Trinajstić information content (AvgIpc) is 2.68. The molecule has 1 N–H and O–H groups in total. The Morgan fingerprint density at radius 3 is 2.61 bits per heavy atom. The van der Waals surface area contributed by atoms with Crippen molar-refractivity contribution in [3.8, 4) is 0 Å². The van der Waals surface area contributed by atoms with E-state index in [4.69, 9.17) is 0 Å². The summed E-state index contributed by atoms with van der Waals surface area (Å²) < 4.78 is 1.40. The number of carbonyl (C=O) groups is 1. The number of aryl methyl sites for hydroxylation is 1. The molecule has 0 aliphatic carbocycles. The van der Waals surface area contributed by atoms with Crippen LogP contribution in [0.1, 0.15) is 49.4 Å². The number of nitrogens with zero attached hydrogens (tertiary/aromatic N) is 3. The summed E-state index contributed by atoms with van der Waals surface area (Å²) in [7, 11) is 0. The molecule has 0 aromatic carbocycles. The van der Waals surface area contributed by atoms with Crippen molar-refractivity contribution < 1.29 is 9.90 Å². The predicted molar refractivity (Wildman–Crippen MR) is 68.0 cm³/mol. The maximum atomic E-state index is 11.3. The first-order valence-corrected chi connectivity index (χ1v) is 5.96. The predicted octanol–water partition coefficient (Wildman–Crippen LogP) is 2.29. The summed E-state index contributed by atoms with van der Waals surface area (Å²) in [5.74, 6) is -0.987. The lowest BCUT2D eigenvalue weighted by Crippen LogP contribution is -2.18. The molecular formula is C13H17N3O2. The van der Waals surface area contributed by atoms with Gasteiger partial charge in [-0.2, -0.15) is 5.10 Å². The zero-order chi connectivity index (χ0) is 13.5. The van der Waals surface area contributed by atoms with Gasteiger partial charge in [0.15, 0.2) is 11.3 Å². The van der Waals surface area contributed by atoms with Crippen LogP contribution in [-0.2, 0) is 11.8 Å². The maximum absolute atomic E-state index is 11.3. The lowest BCUT2D eigenvalue weighted by molar-refractivity contribution is 0.0687. The molecule has 0 atom stereocenters. The Labute approximate surface area is 105 Å². The van der Waals surface area contributed by atoms with Crippen molar-refractivity contribution in [2.24, 2.45) is 0 Å². The highest BCUT2D eigenvalue weighted by Crippen LogP contribution is 2.23.